The predicted molar refractivity (Wildman–Crippen MR) is 162 cm³/mol. The van der Waals surface area contributed by atoms with Crippen LogP contribution in [0.2, 0.25) is 0 Å². The number of nitrogens with zero attached hydrogens (tertiary/aromatic N) is 8. The van der Waals surface area contributed by atoms with Crippen LogP contribution in [-0.4, -0.2) is 93.1 Å². The number of amides is 1. The average Bonchev–Trinajstić information content (AvgIpc) is 3.43. The lowest BCUT2D eigenvalue weighted by molar-refractivity contribution is 0.123. The minimum Gasteiger partial charge on any atom is -0.465 e. The lowest BCUT2D eigenvalue weighted by Gasteiger charge is -2.33. The number of hydrogen-bond donors (Lipinski definition) is 1. The van der Waals surface area contributed by atoms with Crippen LogP contribution in [0.3, 0.4) is 0 Å². The Morgan fingerprint density at radius 1 is 0.857 bits per heavy atom. The van der Waals surface area contributed by atoms with Gasteiger partial charge in [-0.3, -0.25) is 0 Å². The van der Waals surface area contributed by atoms with Gasteiger partial charge in [-0.15, -0.1) is 0 Å². The van der Waals surface area contributed by atoms with E-state index in [9.17, 15) is 9.90 Å². The zero-order valence-corrected chi connectivity index (χ0v) is 23.0. The molecule has 4 aromatic heterocycles. The van der Waals surface area contributed by atoms with Crippen molar-refractivity contribution in [3.63, 3.8) is 0 Å². The third-order valence-corrected chi connectivity index (χ3v) is 7.80. The molecule has 11 heteroatoms. The molecule has 5 aromatic rings. The fourth-order valence-electron chi connectivity index (χ4n) is 5.57. The van der Waals surface area contributed by atoms with Crippen LogP contribution in [-0.2, 0) is 4.74 Å². The highest BCUT2D eigenvalue weighted by atomic mass is 16.5. The molecule has 0 radical (unpaired) electrons. The van der Waals surface area contributed by atoms with Crippen molar-refractivity contribution in [1.29, 1.82) is 0 Å². The number of piperazine rings is 1. The Labute approximate surface area is 242 Å². The Balaban J connectivity index is 1.26. The number of para-hydroxylation sites is 1. The summed E-state index contributed by atoms with van der Waals surface area (Å²) >= 11 is 0. The number of anilines is 2. The van der Waals surface area contributed by atoms with E-state index in [2.05, 4.69) is 21.9 Å². The van der Waals surface area contributed by atoms with Gasteiger partial charge in [-0.25, -0.2) is 24.3 Å². The largest absolute Gasteiger partial charge is 0.465 e. The lowest BCUT2D eigenvalue weighted by Crippen LogP contribution is -2.48. The highest BCUT2D eigenvalue weighted by molar-refractivity contribution is 5.84. The number of ether oxygens (including phenoxy) is 1. The van der Waals surface area contributed by atoms with E-state index in [0.717, 1.165) is 63.8 Å². The van der Waals surface area contributed by atoms with Crippen molar-refractivity contribution in [3.8, 4) is 11.3 Å². The van der Waals surface area contributed by atoms with Crippen molar-refractivity contribution in [1.82, 2.24) is 29.5 Å². The molecule has 1 N–H and O–H groups in total. The Kier molecular flexibility index (Phi) is 6.84. The first-order valence-electron chi connectivity index (χ1n) is 14.1. The first-order chi connectivity index (χ1) is 20.6. The summed E-state index contributed by atoms with van der Waals surface area (Å²) in [6.07, 6.45) is 6.75. The Hall–Kier alpha value is -5.03. The second-order valence-electron chi connectivity index (χ2n) is 10.3. The van der Waals surface area contributed by atoms with Crippen molar-refractivity contribution in [2.45, 2.75) is 0 Å². The highest BCUT2D eigenvalue weighted by Crippen LogP contribution is 2.31. The van der Waals surface area contributed by atoms with E-state index in [1.165, 1.54) is 4.90 Å². The van der Waals surface area contributed by atoms with Gasteiger partial charge in [0.2, 0.25) is 0 Å². The number of benzene rings is 1. The summed E-state index contributed by atoms with van der Waals surface area (Å²) in [4.78, 5) is 31.8. The van der Waals surface area contributed by atoms with Gasteiger partial charge in [0.1, 0.15) is 11.5 Å². The molecular formula is C31H30N8O3. The van der Waals surface area contributed by atoms with Gasteiger partial charge in [0, 0.05) is 56.4 Å². The third-order valence-electron chi connectivity index (χ3n) is 7.80. The molecule has 42 heavy (non-hydrogen) atoms. The maximum Gasteiger partial charge on any atom is 0.407 e. The van der Waals surface area contributed by atoms with E-state index in [1.54, 1.807) is 0 Å². The minimum atomic E-state index is -0.881. The molecule has 212 valence electrons. The molecule has 1 amide bonds. The molecule has 2 saturated heterocycles. The number of aromatic nitrogens is 5. The van der Waals surface area contributed by atoms with E-state index >= 15 is 0 Å². The maximum atomic E-state index is 11.3. The van der Waals surface area contributed by atoms with Crippen LogP contribution < -0.4 is 9.80 Å². The van der Waals surface area contributed by atoms with Crippen LogP contribution in [0.15, 0.2) is 67.0 Å². The van der Waals surface area contributed by atoms with Gasteiger partial charge in [0.25, 0.3) is 0 Å². The van der Waals surface area contributed by atoms with Gasteiger partial charge < -0.3 is 24.5 Å². The zero-order valence-electron chi connectivity index (χ0n) is 23.0. The normalized spacial score (nSPS) is 16.1. The van der Waals surface area contributed by atoms with Crippen LogP contribution >= 0.6 is 0 Å². The number of morpholine rings is 1. The smallest absolute Gasteiger partial charge is 0.407 e. The topological polar surface area (TPSA) is 112 Å². The molecule has 6 heterocycles. The molecule has 0 unspecified atom stereocenters. The summed E-state index contributed by atoms with van der Waals surface area (Å²) in [7, 11) is 0. The molecule has 0 saturated carbocycles. The van der Waals surface area contributed by atoms with Crippen LogP contribution in [0.4, 0.5) is 16.3 Å². The van der Waals surface area contributed by atoms with E-state index in [4.69, 9.17) is 24.8 Å². The molecule has 11 nitrogen and oxygen atoms in total. The molecule has 2 aliphatic rings. The van der Waals surface area contributed by atoms with E-state index in [1.807, 2.05) is 71.5 Å². The Morgan fingerprint density at radius 3 is 2.48 bits per heavy atom. The van der Waals surface area contributed by atoms with Gasteiger partial charge in [0.05, 0.1) is 42.0 Å². The van der Waals surface area contributed by atoms with Crippen molar-refractivity contribution < 1.29 is 14.6 Å². The van der Waals surface area contributed by atoms with Gasteiger partial charge in [0.15, 0.2) is 5.65 Å². The number of hydrogen-bond acceptors (Lipinski definition) is 8. The molecule has 1 aromatic carbocycles. The van der Waals surface area contributed by atoms with Gasteiger partial charge in [-0.05, 0) is 42.5 Å². The van der Waals surface area contributed by atoms with Gasteiger partial charge in [-0.1, -0.05) is 24.3 Å². The van der Waals surface area contributed by atoms with Gasteiger partial charge in [-0.2, -0.15) is 5.10 Å². The highest BCUT2D eigenvalue weighted by Gasteiger charge is 2.23. The van der Waals surface area contributed by atoms with Crippen LogP contribution in [0.1, 0.15) is 11.4 Å². The number of fused-ring (bicyclic) bond motifs is 2. The number of imidazole rings is 1. The Morgan fingerprint density at radius 2 is 1.69 bits per heavy atom. The number of pyridine rings is 2. The molecule has 0 atom stereocenters. The summed E-state index contributed by atoms with van der Waals surface area (Å²) in [5.41, 5.74) is 6.05. The fraction of sp³-hybridized carbons (Fsp3) is 0.258. The summed E-state index contributed by atoms with van der Waals surface area (Å²) in [6, 6.07) is 18.2. The van der Waals surface area contributed by atoms with Crippen molar-refractivity contribution in [2.24, 2.45) is 0 Å². The van der Waals surface area contributed by atoms with E-state index < -0.39 is 6.09 Å². The predicted octanol–water partition coefficient (Wildman–Crippen LogP) is 4.15. The van der Waals surface area contributed by atoms with Crippen LogP contribution in [0, 0.1) is 0 Å². The standard InChI is InChI=1S/C31H30N8O3/c40-31(41)38-15-13-37(14-16-38)28-10-6-23(21-32-28)29-26(9-8-24-7-5-22-3-1-2-4-25(22)34-24)35-30-27(11-12-33-39(29)30)36-17-19-42-20-18-36/h1-12,21H,13-20H2,(H,40,41)/b9-8+. The van der Waals surface area contributed by atoms with Crippen molar-refractivity contribution in [2.75, 3.05) is 62.3 Å². The van der Waals surface area contributed by atoms with Crippen molar-refractivity contribution >= 4 is 46.3 Å². The number of rotatable bonds is 5. The van der Waals surface area contributed by atoms with Crippen molar-refractivity contribution in [3.05, 3.63) is 78.4 Å². The molecule has 7 rings (SSSR count). The number of carboxylic acid groups (broad SMARTS) is 1. The summed E-state index contributed by atoms with van der Waals surface area (Å²) in [5.74, 6) is 0.817. The molecule has 0 bridgehead atoms. The molecule has 0 spiro atoms. The monoisotopic (exact) mass is 562 g/mol. The first-order valence-corrected chi connectivity index (χ1v) is 14.1. The second kappa shape index (κ2) is 11.1. The van der Waals surface area contributed by atoms with Crippen LogP contribution in [0.25, 0.3) is 40.0 Å². The minimum absolute atomic E-state index is 0.456. The summed E-state index contributed by atoms with van der Waals surface area (Å²) < 4.78 is 7.47. The lowest BCUT2D eigenvalue weighted by atomic mass is 10.1. The molecular weight excluding hydrogens is 532 g/mol. The van der Waals surface area contributed by atoms with Gasteiger partial charge >= 0.3 is 6.09 Å². The quantitative estimate of drug-likeness (QED) is 0.338. The molecule has 0 aliphatic carbocycles. The van der Waals surface area contributed by atoms with Crippen LogP contribution in [0.5, 0.6) is 0 Å². The van der Waals surface area contributed by atoms with E-state index in [0.29, 0.717) is 39.4 Å². The maximum absolute atomic E-state index is 11.3. The Bertz CT molecular complexity index is 1770. The third kappa shape index (κ3) is 4.99. The van der Waals surface area contributed by atoms with E-state index in [-0.39, 0.29) is 0 Å². The fourth-order valence-corrected chi connectivity index (χ4v) is 5.57. The second-order valence-corrected chi connectivity index (χ2v) is 10.3. The molecule has 2 fully saturated rings. The SMILES string of the molecule is O=C(O)N1CCN(c2ccc(-c3c(/C=C/c4ccc5ccccc5n4)nc4c(N5CCOCC5)ccnn34)cn2)CC1. The number of carbonyl (C=O) groups is 1. The summed E-state index contributed by atoms with van der Waals surface area (Å²) in [5, 5.41) is 15.1. The molecule has 2 aliphatic heterocycles. The summed E-state index contributed by atoms with van der Waals surface area (Å²) in [6.45, 7) is 5.05. The average molecular weight is 563 g/mol. The zero-order chi connectivity index (χ0) is 28.5. The first kappa shape index (κ1) is 25.9.